The average molecular weight is 571 g/mol. The fraction of sp³-hybridized carbons (Fsp3) is 0.645. The van der Waals surface area contributed by atoms with Crippen LogP contribution >= 0.6 is 0 Å². The van der Waals surface area contributed by atoms with Crippen LogP contribution in [-0.2, 0) is 42.3 Å². The molecule has 1 amide bonds. The summed E-state index contributed by atoms with van der Waals surface area (Å²) in [5.41, 5.74) is 0.673. The average Bonchev–Trinajstić information content (AvgIpc) is 3.59. The molecule has 1 saturated carbocycles. The molecule has 0 unspecified atom stereocenters. The lowest BCUT2D eigenvalue weighted by Gasteiger charge is -2.61. The van der Waals surface area contributed by atoms with Crippen molar-refractivity contribution < 1.29 is 38.8 Å². The third-order valence-electron chi connectivity index (χ3n) is 9.84. The van der Waals surface area contributed by atoms with Crippen LogP contribution in [0.4, 0.5) is 0 Å². The van der Waals surface area contributed by atoms with Gasteiger partial charge in [-0.1, -0.05) is 32.4 Å². The van der Waals surface area contributed by atoms with Crippen LogP contribution in [0.5, 0.6) is 5.75 Å². The summed E-state index contributed by atoms with van der Waals surface area (Å²) in [5.74, 6) is -0.506. The first-order chi connectivity index (χ1) is 19.2. The lowest BCUT2D eigenvalue weighted by molar-refractivity contribution is -0.175. The number of rotatable bonds is 8. The molecule has 6 rings (SSSR count). The maximum Gasteiger partial charge on any atom is 0.352 e. The largest absolute Gasteiger partial charge is 0.481 e. The molecule has 1 aromatic rings. The minimum atomic E-state index is -1.17. The second-order valence-corrected chi connectivity index (χ2v) is 12.0. The number of esters is 2. The molecule has 3 aliphatic carbocycles. The topological polar surface area (TPSA) is 135 Å². The first-order valence-corrected chi connectivity index (χ1v) is 14.4. The van der Waals surface area contributed by atoms with Gasteiger partial charge in [0.05, 0.1) is 24.0 Å². The van der Waals surface area contributed by atoms with Crippen molar-refractivity contribution in [3.05, 3.63) is 40.7 Å². The van der Waals surface area contributed by atoms with E-state index in [0.717, 1.165) is 43.4 Å². The van der Waals surface area contributed by atoms with Gasteiger partial charge < -0.3 is 34.6 Å². The van der Waals surface area contributed by atoms with E-state index in [9.17, 15) is 24.6 Å². The second-order valence-electron chi connectivity index (χ2n) is 12.0. The summed E-state index contributed by atoms with van der Waals surface area (Å²) in [4.78, 5) is 39.8. The fourth-order valence-electron chi connectivity index (χ4n) is 7.75. The number of piperidine rings is 1. The molecule has 5 aliphatic rings. The van der Waals surface area contributed by atoms with Crippen LogP contribution in [0.25, 0.3) is 0 Å². The lowest BCUT2D eigenvalue weighted by Crippen LogP contribution is -2.74. The number of likely N-dealkylation sites (N-methyl/N-ethyl adjacent to an activating group) is 1. The van der Waals surface area contributed by atoms with Crippen molar-refractivity contribution in [1.82, 2.24) is 10.2 Å². The summed E-state index contributed by atoms with van der Waals surface area (Å²) >= 11 is 0. The molecule has 10 heteroatoms. The summed E-state index contributed by atoms with van der Waals surface area (Å²) in [6.07, 6.45) is 5.16. The summed E-state index contributed by atoms with van der Waals surface area (Å²) in [6, 6.07) is 3.73. The third kappa shape index (κ3) is 4.55. The summed E-state index contributed by atoms with van der Waals surface area (Å²) in [5, 5.41) is 25.1. The van der Waals surface area contributed by atoms with Gasteiger partial charge in [0.2, 0.25) is 5.91 Å². The van der Waals surface area contributed by atoms with Gasteiger partial charge in [-0.2, -0.15) is 0 Å². The lowest BCUT2D eigenvalue weighted by atomic mass is 9.50. The Morgan fingerprint density at radius 2 is 2.00 bits per heavy atom. The Kier molecular flexibility index (Phi) is 7.95. The van der Waals surface area contributed by atoms with Gasteiger partial charge in [0.1, 0.15) is 11.5 Å². The van der Waals surface area contributed by atoms with Gasteiger partial charge in [0, 0.05) is 36.1 Å². The van der Waals surface area contributed by atoms with Gasteiger partial charge in [0.15, 0.2) is 12.2 Å². The number of carbonyl (C=O) groups is 3. The monoisotopic (exact) mass is 570 g/mol. The van der Waals surface area contributed by atoms with Gasteiger partial charge >= 0.3 is 11.9 Å². The Morgan fingerprint density at radius 3 is 2.73 bits per heavy atom. The minimum absolute atomic E-state index is 0. The van der Waals surface area contributed by atoms with E-state index in [1.54, 1.807) is 6.08 Å². The molecule has 224 valence electrons. The predicted molar refractivity (Wildman–Crippen MR) is 149 cm³/mol. The molecular formula is C31H42N2O8. The highest BCUT2D eigenvalue weighted by Gasteiger charge is 2.71. The molecule has 1 aromatic carbocycles. The molecule has 2 bridgehead atoms. The summed E-state index contributed by atoms with van der Waals surface area (Å²) in [6.45, 7) is 2.14. The maximum atomic E-state index is 13.1. The van der Waals surface area contributed by atoms with Crippen molar-refractivity contribution in [2.75, 3.05) is 20.1 Å². The van der Waals surface area contributed by atoms with Crippen molar-refractivity contribution in [1.29, 1.82) is 0 Å². The standard InChI is InChI=1S/C30H38N2O8.CH4/c1-17(38-23(34)10-13-31-27(35)18-5-3-4-6-18)28(36)39-21-9-11-30(37)22-15-19-7-8-20(16-33)25-24(19)29(30,26(21)40-25)12-14-32(22)2;/h7-9,17-18,22,26,33,37H,3-6,10-16H2,1-2H3,(H,31,35);1H4/t17-,22+,26-,29-,30+;/m0./s1. The zero-order valence-electron chi connectivity index (χ0n) is 23.1. The number of benzene rings is 1. The van der Waals surface area contributed by atoms with E-state index < -0.39 is 35.2 Å². The Hall–Kier alpha value is -2.95. The number of amides is 1. The van der Waals surface area contributed by atoms with Gasteiger partial charge in [-0.25, -0.2) is 4.79 Å². The quantitative estimate of drug-likeness (QED) is 0.402. The molecule has 2 heterocycles. The number of nitrogens with zero attached hydrogens (tertiary/aromatic N) is 1. The number of aliphatic hydroxyl groups is 2. The molecule has 41 heavy (non-hydrogen) atoms. The Labute approximate surface area is 241 Å². The zero-order chi connectivity index (χ0) is 28.2. The number of hydrogen-bond donors (Lipinski definition) is 3. The van der Waals surface area contributed by atoms with Crippen LogP contribution < -0.4 is 10.1 Å². The normalized spacial score (nSPS) is 30.3. The molecule has 5 atom stereocenters. The highest BCUT2D eigenvalue weighted by molar-refractivity contribution is 5.81. The van der Waals surface area contributed by atoms with Gasteiger partial charge in [0.25, 0.3) is 0 Å². The van der Waals surface area contributed by atoms with E-state index in [2.05, 4.69) is 10.2 Å². The predicted octanol–water partition coefficient (Wildman–Crippen LogP) is 2.26. The fourth-order valence-corrected chi connectivity index (χ4v) is 7.75. The van der Waals surface area contributed by atoms with Crippen LogP contribution in [0.15, 0.2) is 24.0 Å². The Morgan fingerprint density at radius 1 is 1.24 bits per heavy atom. The van der Waals surface area contributed by atoms with Crippen LogP contribution in [0.2, 0.25) is 0 Å². The van der Waals surface area contributed by atoms with Crippen molar-refractivity contribution in [2.24, 2.45) is 5.92 Å². The first-order valence-electron chi connectivity index (χ1n) is 14.4. The highest BCUT2D eigenvalue weighted by atomic mass is 16.6. The summed E-state index contributed by atoms with van der Waals surface area (Å²) in [7, 11) is 2.02. The molecule has 0 aromatic heterocycles. The second kappa shape index (κ2) is 11.0. The maximum absolute atomic E-state index is 13.1. The molecule has 1 saturated heterocycles. The number of nitrogens with one attached hydrogen (secondary N) is 1. The smallest absolute Gasteiger partial charge is 0.352 e. The van der Waals surface area contributed by atoms with E-state index in [1.807, 2.05) is 19.2 Å². The van der Waals surface area contributed by atoms with E-state index >= 15 is 0 Å². The number of ether oxygens (including phenoxy) is 3. The number of aliphatic hydroxyl groups excluding tert-OH is 1. The molecule has 2 aliphatic heterocycles. The van der Waals surface area contributed by atoms with Crippen molar-refractivity contribution in [2.45, 2.75) is 102 Å². The highest BCUT2D eigenvalue weighted by Crippen LogP contribution is 2.64. The van der Waals surface area contributed by atoms with Crippen molar-refractivity contribution in [3.63, 3.8) is 0 Å². The minimum Gasteiger partial charge on any atom is -0.481 e. The molecular weight excluding hydrogens is 528 g/mol. The van der Waals surface area contributed by atoms with E-state index in [4.69, 9.17) is 14.2 Å². The third-order valence-corrected chi connectivity index (χ3v) is 9.84. The molecule has 10 nitrogen and oxygen atoms in total. The molecule has 1 spiro atoms. The van der Waals surface area contributed by atoms with Crippen LogP contribution in [0.1, 0.15) is 76.0 Å². The van der Waals surface area contributed by atoms with Gasteiger partial charge in [-0.15, -0.1) is 0 Å². The number of carbonyl (C=O) groups excluding carboxylic acids is 3. The van der Waals surface area contributed by atoms with Crippen LogP contribution in [0, 0.1) is 5.92 Å². The van der Waals surface area contributed by atoms with Crippen LogP contribution in [-0.4, -0.2) is 76.9 Å². The first kappa shape index (κ1) is 29.5. The molecule has 2 fully saturated rings. The zero-order valence-corrected chi connectivity index (χ0v) is 23.1. The summed E-state index contributed by atoms with van der Waals surface area (Å²) < 4.78 is 17.6. The van der Waals surface area contributed by atoms with E-state index in [0.29, 0.717) is 24.2 Å². The SMILES string of the molecule is C.C[C@H](OC(=O)CCNC(=O)C1CCCC1)C(=O)OC1=CC[C@@]2(O)[C@H]3Cc4ccc(CO)c5c4[C@@]2(CCN3C)[C@H]1O5. The number of likely N-dealkylation sites (tertiary alicyclic amines) is 1. The van der Waals surface area contributed by atoms with Gasteiger partial charge in [-0.3, -0.25) is 9.59 Å². The van der Waals surface area contributed by atoms with E-state index in [-0.39, 0.29) is 57.0 Å². The van der Waals surface area contributed by atoms with Crippen molar-refractivity contribution >= 4 is 17.8 Å². The van der Waals surface area contributed by atoms with Crippen LogP contribution in [0.3, 0.4) is 0 Å². The Bertz CT molecular complexity index is 1260. The van der Waals surface area contributed by atoms with Crippen molar-refractivity contribution in [3.8, 4) is 5.75 Å². The van der Waals surface area contributed by atoms with Gasteiger partial charge in [-0.05, 0) is 57.8 Å². The Balaban J connectivity index is 0.00000337. The van der Waals surface area contributed by atoms with E-state index in [1.165, 1.54) is 6.92 Å². The molecule has 3 N–H and O–H groups in total. The number of hydrogen-bond acceptors (Lipinski definition) is 9. The molecule has 0 radical (unpaired) electrons.